The molecule has 0 radical (unpaired) electrons. The first-order valence-corrected chi connectivity index (χ1v) is 19.5. The fourth-order valence-corrected chi connectivity index (χ4v) is 9.45. The van der Waals surface area contributed by atoms with E-state index < -0.39 is 0 Å². The molecule has 0 saturated heterocycles. The summed E-state index contributed by atoms with van der Waals surface area (Å²) in [6.45, 7) is 0. The molecule has 258 valence electrons. The van der Waals surface area contributed by atoms with E-state index in [1.54, 1.807) is 0 Å². The van der Waals surface area contributed by atoms with Crippen molar-refractivity contribution in [2.75, 3.05) is 4.90 Å². The first-order valence-electron chi connectivity index (χ1n) is 18.7. The fourth-order valence-electron chi connectivity index (χ4n) is 8.11. The summed E-state index contributed by atoms with van der Waals surface area (Å²) in [7, 11) is 0. The second kappa shape index (κ2) is 12.9. The summed E-state index contributed by atoms with van der Waals surface area (Å²) in [4.78, 5) is 2.42. The molecule has 11 aromatic rings. The lowest BCUT2D eigenvalue weighted by Gasteiger charge is -2.26. The van der Waals surface area contributed by atoms with Crippen molar-refractivity contribution in [1.82, 2.24) is 0 Å². The van der Waals surface area contributed by atoms with Crippen LogP contribution >= 0.6 is 11.3 Å². The fraction of sp³-hybridized carbons (Fsp3) is 0. The quantitative estimate of drug-likeness (QED) is 0.170. The minimum atomic E-state index is 0.910. The largest absolute Gasteiger partial charge is 0.456 e. The number of hydrogen-bond acceptors (Lipinski definition) is 3. The van der Waals surface area contributed by atoms with Gasteiger partial charge in [-0.1, -0.05) is 152 Å². The van der Waals surface area contributed by atoms with E-state index in [4.69, 9.17) is 4.42 Å². The van der Waals surface area contributed by atoms with Crippen LogP contribution in [0.3, 0.4) is 0 Å². The van der Waals surface area contributed by atoms with Crippen LogP contribution in [-0.2, 0) is 0 Å². The summed E-state index contributed by atoms with van der Waals surface area (Å²) in [6, 6.07) is 72.2. The van der Waals surface area contributed by atoms with E-state index in [0.29, 0.717) is 0 Å². The van der Waals surface area contributed by atoms with Gasteiger partial charge in [0.15, 0.2) is 0 Å². The highest BCUT2D eigenvalue weighted by atomic mass is 32.1. The molecule has 0 aliphatic carbocycles. The zero-order chi connectivity index (χ0) is 36.3. The molecule has 2 nitrogen and oxygen atoms in total. The summed E-state index contributed by atoms with van der Waals surface area (Å²) in [5, 5.41) is 7.42. The van der Waals surface area contributed by atoms with Gasteiger partial charge >= 0.3 is 0 Å². The van der Waals surface area contributed by atoms with Gasteiger partial charge in [-0.25, -0.2) is 0 Å². The van der Waals surface area contributed by atoms with E-state index >= 15 is 0 Å². The molecule has 0 bridgehead atoms. The predicted molar refractivity (Wildman–Crippen MR) is 235 cm³/mol. The molecule has 0 saturated carbocycles. The molecule has 11 rings (SSSR count). The summed E-state index contributed by atoms with van der Waals surface area (Å²) >= 11 is 1.89. The molecule has 9 aromatic carbocycles. The van der Waals surface area contributed by atoms with Crippen molar-refractivity contribution >= 4 is 81.3 Å². The number of fused-ring (bicyclic) bond motifs is 8. The Morgan fingerprint density at radius 2 is 0.855 bits per heavy atom. The minimum absolute atomic E-state index is 0.910. The van der Waals surface area contributed by atoms with Crippen LogP contribution in [0.2, 0.25) is 0 Å². The Balaban J connectivity index is 1.02. The molecule has 0 unspecified atom stereocenters. The molecule has 2 aromatic heterocycles. The van der Waals surface area contributed by atoms with Gasteiger partial charge in [-0.15, -0.1) is 11.3 Å². The van der Waals surface area contributed by atoms with Crippen LogP contribution in [-0.4, -0.2) is 0 Å². The number of benzene rings is 9. The highest BCUT2D eigenvalue weighted by Crippen LogP contribution is 2.47. The number of anilines is 3. The van der Waals surface area contributed by atoms with Crippen LogP contribution in [0.5, 0.6) is 0 Å². The van der Waals surface area contributed by atoms with Gasteiger partial charge in [0.05, 0.1) is 10.4 Å². The van der Waals surface area contributed by atoms with E-state index in [2.05, 4.69) is 193 Å². The number of para-hydroxylation sites is 1. The Hall–Kier alpha value is -6.94. The normalized spacial score (nSPS) is 11.6. The average molecular weight is 720 g/mol. The summed E-state index contributed by atoms with van der Waals surface area (Å²) in [5.74, 6) is 0. The van der Waals surface area contributed by atoms with Crippen molar-refractivity contribution < 1.29 is 4.42 Å². The monoisotopic (exact) mass is 719 g/mol. The second-order valence-electron chi connectivity index (χ2n) is 14.1. The Kier molecular flexibility index (Phi) is 7.39. The van der Waals surface area contributed by atoms with Gasteiger partial charge in [-0.05, 0) is 92.7 Å². The highest BCUT2D eigenvalue weighted by molar-refractivity contribution is 7.27. The van der Waals surface area contributed by atoms with Crippen molar-refractivity contribution in [2.45, 2.75) is 0 Å². The van der Waals surface area contributed by atoms with E-state index in [1.165, 1.54) is 64.4 Å². The van der Waals surface area contributed by atoms with Crippen LogP contribution in [0.4, 0.5) is 17.1 Å². The minimum Gasteiger partial charge on any atom is -0.456 e. The Morgan fingerprint density at radius 1 is 0.327 bits per heavy atom. The highest BCUT2D eigenvalue weighted by Gasteiger charge is 2.19. The Labute approximate surface area is 322 Å². The van der Waals surface area contributed by atoms with Crippen LogP contribution in [0, 0.1) is 0 Å². The first-order chi connectivity index (χ1) is 27.2. The molecule has 0 fully saturated rings. The maximum atomic E-state index is 6.13. The van der Waals surface area contributed by atoms with Crippen LogP contribution in [0.15, 0.2) is 205 Å². The van der Waals surface area contributed by atoms with Gasteiger partial charge in [-0.3, -0.25) is 0 Å². The van der Waals surface area contributed by atoms with E-state index in [1.807, 2.05) is 23.5 Å². The maximum Gasteiger partial charge on any atom is 0.135 e. The van der Waals surface area contributed by atoms with Crippen molar-refractivity contribution in [1.29, 1.82) is 0 Å². The molecule has 3 heteroatoms. The summed E-state index contributed by atoms with van der Waals surface area (Å²) in [5.41, 5.74) is 12.4. The van der Waals surface area contributed by atoms with Gasteiger partial charge in [0.1, 0.15) is 11.2 Å². The van der Waals surface area contributed by atoms with Crippen LogP contribution in [0.25, 0.3) is 86.3 Å². The van der Waals surface area contributed by atoms with E-state index in [9.17, 15) is 0 Å². The third kappa shape index (κ3) is 5.40. The molecule has 0 atom stereocenters. The lowest BCUT2D eigenvalue weighted by molar-refractivity contribution is 0.669. The lowest BCUT2D eigenvalue weighted by Crippen LogP contribution is -2.10. The molecule has 0 spiro atoms. The second-order valence-corrected chi connectivity index (χ2v) is 15.1. The standard InChI is InChI=1S/C52H33NOS/c1-2-9-34(10-3-1)35-17-19-36(20-18-35)37-21-27-41(28-22-37)53(48-15-8-14-45-46-31-25-39-11-4-5-12-43(39)51(46)55-52(45)48)42-29-23-38(24-30-42)40-26-32-50-47(33-40)44-13-6-7-16-49(44)54-50/h1-33H. The van der Waals surface area contributed by atoms with Crippen molar-refractivity contribution in [3.63, 3.8) is 0 Å². The molecule has 2 heterocycles. The number of thiophene rings is 1. The predicted octanol–water partition coefficient (Wildman–Crippen LogP) is 15.6. The molecule has 0 N–H and O–H groups in total. The average Bonchev–Trinajstić information content (AvgIpc) is 3.84. The third-order valence-electron chi connectivity index (χ3n) is 10.9. The van der Waals surface area contributed by atoms with Crippen LogP contribution in [0.1, 0.15) is 0 Å². The zero-order valence-corrected chi connectivity index (χ0v) is 30.6. The van der Waals surface area contributed by atoms with Crippen molar-refractivity contribution in [2.24, 2.45) is 0 Å². The third-order valence-corrected chi connectivity index (χ3v) is 12.2. The lowest BCUT2D eigenvalue weighted by atomic mass is 10.00. The van der Waals surface area contributed by atoms with Crippen LogP contribution < -0.4 is 4.90 Å². The van der Waals surface area contributed by atoms with Crippen molar-refractivity contribution in [3.05, 3.63) is 200 Å². The zero-order valence-electron chi connectivity index (χ0n) is 29.8. The first kappa shape index (κ1) is 31.6. The molecule has 55 heavy (non-hydrogen) atoms. The molecular weight excluding hydrogens is 687 g/mol. The Bertz CT molecular complexity index is 3170. The number of hydrogen-bond donors (Lipinski definition) is 0. The smallest absolute Gasteiger partial charge is 0.135 e. The number of nitrogens with zero attached hydrogens (tertiary/aromatic N) is 1. The number of furan rings is 1. The molecule has 0 aliphatic rings. The molecule has 0 amide bonds. The molecule has 0 aliphatic heterocycles. The molecular formula is C52H33NOS. The van der Waals surface area contributed by atoms with Crippen molar-refractivity contribution in [3.8, 4) is 33.4 Å². The SMILES string of the molecule is c1ccc(-c2ccc(-c3ccc(N(c4ccc(-c5ccc6oc7ccccc7c6c5)cc4)c4cccc5c4sc4c6ccccc6ccc54)cc3)cc2)cc1. The summed E-state index contributed by atoms with van der Waals surface area (Å²) < 4.78 is 8.73. The summed E-state index contributed by atoms with van der Waals surface area (Å²) in [6.07, 6.45) is 0. The van der Waals surface area contributed by atoms with Gasteiger partial charge in [0.2, 0.25) is 0 Å². The van der Waals surface area contributed by atoms with E-state index in [-0.39, 0.29) is 0 Å². The van der Waals surface area contributed by atoms with Gasteiger partial charge in [0, 0.05) is 37.6 Å². The van der Waals surface area contributed by atoms with E-state index in [0.717, 1.165) is 38.9 Å². The topological polar surface area (TPSA) is 16.4 Å². The van der Waals surface area contributed by atoms with Gasteiger partial charge in [0.25, 0.3) is 0 Å². The number of rotatable bonds is 6. The maximum absolute atomic E-state index is 6.13. The van der Waals surface area contributed by atoms with Gasteiger partial charge in [-0.2, -0.15) is 0 Å². The van der Waals surface area contributed by atoms with Gasteiger partial charge < -0.3 is 9.32 Å². The Morgan fingerprint density at radius 3 is 1.58 bits per heavy atom.